The van der Waals surface area contributed by atoms with Gasteiger partial charge in [0.15, 0.2) is 12.4 Å². The molecule has 1 atom stereocenters. The zero-order valence-electron chi connectivity index (χ0n) is 13.6. The Kier molecular flexibility index (Phi) is 4.19. The molecule has 1 aromatic carbocycles. The van der Waals surface area contributed by atoms with Gasteiger partial charge in [0.05, 0.1) is 0 Å². The van der Waals surface area contributed by atoms with Crippen LogP contribution < -0.4 is 4.74 Å². The molecular weight excluding hydrogens is 304 g/mol. The Balaban J connectivity index is 1.34. The van der Waals surface area contributed by atoms with Crippen molar-refractivity contribution in [1.29, 1.82) is 0 Å². The van der Waals surface area contributed by atoms with Gasteiger partial charge >= 0.3 is 0 Å². The van der Waals surface area contributed by atoms with Crippen molar-refractivity contribution < 1.29 is 9.53 Å². The van der Waals surface area contributed by atoms with E-state index in [9.17, 15) is 4.79 Å². The van der Waals surface area contributed by atoms with Crippen LogP contribution in [-0.4, -0.2) is 45.7 Å². The van der Waals surface area contributed by atoms with E-state index in [1.165, 1.54) is 12.8 Å². The summed E-state index contributed by atoms with van der Waals surface area (Å²) in [5, 5.41) is 7.45. The van der Waals surface area contributed by atoms with Gasteiger partial charge in [-0.05, 0) is 37.8 Å². The third-order valence-electron chi connectivity index (χ3n) is 4.73. The number of likely N-dealkylation sites (tertiary alicyclic amines) is 1. The Morgan fingerprint density at radius 3 is 2.83 bits per heavy atom. The zero-order chi connectivity index (χ0) is 16.4. The van der Waals surface area contributed by atoms with Crippen LogP contribution in [0.5, 0.6) is 5.75 Å². The van der Waals surface area contributed by atoms with Crippen LogP contribution in [0.15, 0.2) is 30.3 Å². The molecule has 0 spiro atoms. The number of nitrogens with zero attached hydrogens (tertiary/aromatic N) is 3. The van der Waals surface area contributed by atoms with Gasteiger partial charge < -0.3 is 9.64 Å². The third kappa shape index (κ3) is 3.42. The second kappa shape index (κ2) is 6.63. The first kappa shape index (κ1) is 15.2. The maximum Gasteiger partial charge on any atom is 0.260 e. The number of benzene rings is 1. The number of hydrogen-bond acceptors (Lipinski definition) is 4. The first-order valence-electron chi connectivity index (χ1n) is 8.67. The van der Waals surface area contributed by atoms with E-state index in [-0.39, 0.29) is 18.4 Å². The smallest absolute Gasteiger partial charge is 0.260 e. The van der Waals surface area contributed by atoms with Gasteiger partial charge in [-0.1, -0.05) is 18.2 Å². The normalized spacial score (nSPS) is 20.8. The van der Waals surface area contributed by atoms with Gasteiger partial charge in [0, 0.05) is 24.9 Å². The van der Waals surface area contributed by atoms with Crippen LogP contribution in [0.3, 0.4) is 0 Å². The average molecular weight is 326 g/mol. The number of carbonyl (C=O) groups excluding carboxylic acids is 1. The van der Waals surface area contributed by atoms with Crippen LogP contribution in [0.4, 0.5) is 0 Å². The predicted molar refractivity (Wildman–Crippen MR) is 88.8 cm³/mol. The monoisotopic (exact) mass is 326 g/mol. The molecule has 1 aromatic heterocycles. The molecule has 1 saturated heterocycles. The molecule has 24 heavy (non-hydrogen) atoms. The Morgan fingerprint density at radius 2 is 2.04 bits per heavy atom. The average Bonchev–Trinajstić information content (AvgIpc) is 3.37. The zero-order valence-corrected chi connectivity index (χ0v) is 13.6. The van der Waals surface area contributed by atoms with Crippen LogP contribution in [0.2, 0.25) is 0 Å². The molecule has 6 heteroatoms. The summed E-state index contributed by atoms with van der Waals surface area (Å²) in [7, 11) is 0. The van der Waals surface area contributed by atoms with E-state index in [0.717, 1.165) is 36.8 Å². The van der Waals surface area contributed by atoms with Crippen LogP contribution in [0.25, 0.3) is 0 Å². The summed E-state index contributed by atoms with van der Waals surface area (Å²) in [6.07, 6.45) is 4.43. The maximum atomic E-state index is 12.4. The fourth-order valence-electron chi connectivity index (χ4n) is 3.18. The predicted octanol–water partition coefficient (Wildman–Crippen LogP) is 2.47. The molecule has 2 heterocycles. The van der Waals surface area contributed by atoms with E-state index in [2.05, 4.69) is 15.2 Å². The van der Waals surface area contributed by atoms with E-state index >= 15 is 0 Å². The molecule has 0 radical (unpaired) electrons. The molecule has 0 unspecified atom stereocenters. The van der Waals surface area contributed by atoms with Crippen molar-refractivity contribution in [3.63, 3.8) is 0 Å². The van der Waals surface area contributed by atoms with Gasteiger partial charge in [0.2, 0.25) is 0 Å². The molecule has 1 aliphatic carbocycles. The standard InChI is InChI=1S/C18H22N4O2/c23-16(12-24-15-6-2-1-3-7-15)22-10-4-5-14(11-22)18-19-17(20-21-18)13-8-9-13/h1-3,6-7,13-14H,4-5,8-12H2,(H,19,20,21)/t14-/m0/s1. The number of amides is 1. The van der Waals surface area contributed by atoms with Crippen molar-refractivity contribution >= 4 is 5.91 Å². The molecule has 1 aliphatic heterocycles. The molecule has 1 N–H and O–H groups in total. The Bertz CT molecular complexity index is 696. The van der Waals surface area contributed by atoms with Crippen molar-refractivity contribution in [1.82, 2.24) is 20.1 Å². The summed E-state index contributed by atoms with van der Waals surface area (Å²) in [5.41, 5.74) is 0. The molecule has 0 bridgehead atoms. The van der Waals surface area contributed by atoms with Gasteiger partial charge in [-0.15, -0.1) is 0 Å². The quantitative estimate of drug-likeness (QED) is 0.916. The Labute approximate surface area is 141 Å². The Morgan fingerprint density at radius 1 is 1.21 bits per heavy atom. The van der Waals surface area contributed by atoms with Crippen molar-refractivity contribution in [3.8, 4) is 5.75 Å². The van der Waals surface area contributed by atoms with E-state index in [1.54, 1.807) is 0 Å². The molecular formula is C18H22N4O2. The summed E-state index contributed by atoms with van der Waals surface area (Å²) in [6, 6.07) is 9.45. The number of H-pyrrole nitrogens is 1. The summed E-state index contributed by atoms with van der Waals surface area (Å²) in [5.74, 6) is 3.43. The minimum atomic E-state index is 0.0292. The first-order chi connectivity index (χ1) is 11.8. The lowest BCUT2D eigenvalue weighted by Gasteiger charge is -2.31. The maximum absolute atomic E-state index is 12.4. The highest BCUT2D eigenvalue weighted by molar-refractivity contribution is 5.78. The summed E-state index contributed by atoms with van der Waals surface area (Å²) < 4.78 is 5.58. The molecule has 2 fully saturated rings. The largest absolute Gasteiger partial charge is 0.484 e. The van der Waals surface area contributed by atoms with E-state index in [0.29, 0.717) is 12.5 Å². The minimum Gasteiger partial charge on any atom is -0.484 e. The Hall–Kier alpha value is -2.37. The molecule has 126 valence electrons. The summed E-state index contributed by atoms with van der Waals surface area (Å²) in [4.78, 5) is 19.0. The lowest BCUT2D eigenvalue weighted by atomic mass is 9.97. The van der Waals surface area contributed by atoms with Crippen LogP contribution in [0.1, 0.15) is 49.2 Å². The molecule has 2 aliphatic rings. The minimum absolute atomic E-state index is 0.0292. The highest BCUT2D eigenvalue weighted by Gasteiger charge is 2.31. The van der Waals surface area contributed by atoms with Gasteiger partial charge in [-0.25, -0.2) is 4.98 Å². The van der Waals surface area contributed by atoms with Crippen LogP contribution >= 0.6 is 0 Å². The topological polar surface area (TPSA) is 71.1 Å². The van der Waals surface area contributed by atoms with E-state index in [1.807, 2.05) is 35.2 Å². The second-order valence-electron chi connectivity index (χ2n) is 6.63. The van der Waals surface area contributed by atoms with Gasteiger partial charge in [0.1, 0.15) is 11.6 Å². The van der Waals surface area contributed by atoms with E-state index in [4.69, 9.17) is 4.74 Å². The van der Waals surface area contributed by atoms with Gasteiger partial charge in [0.25, 0.3) is 5.91 Å². The number of piperidine rings is 1. The fourth-order valence-corrected chi connectivity index (χ4v) is 3.18. The van der Waals surface area contributed by atoms with E-state index < -0.39 is 0 Å². The molecule has 1 amide bonds. The van der Waals surface area contributed by atoms with Crippen molar-refractivity contribution in [2.75, 3.05) is 19.7 Å². The number of ether oxygens (including phenoxy) is 1. The third-order valence-corrected chi connectivity index (χ3v) is 4.73. The molecule has 1 saturated carbocycles. The summed E-state index contributed by atoms with van der Waals surface area (Å²) in [6.45, 7) is 1.55. The van der Waals surface area contributed by atoms with Crippen molar-refractivity contribution in [2.45, 2.75) is 37.5 Å². The van der Waals surface area contributed by atoms with Gasteiger partial charge in [-0.2, -0.15) is 5.10 Å². The van der Waals surface area contributed by atoms with Crippen molar-refractivity contribution in [2.24, 2.45) is 0 Å². The van der Waals surface area contributed by atoms with Gasteiger partial charge in [-0.3, -0.25) is 9.89 Å². The first-order valence-corrected chi connectivity index (χ1v) is 8.67. The van der Waals surface area contributed by atoms with Crippen molar-refractivity contribution in [3.05, 3.63) is 42.0 Å². The number of hydrogen-bond donors (Lipinski definition) is 1. The second-order valence-corrected chi connectivity index (χ2v) is 6.63. The highest BCUT2D eigenvalue weighted by Crippen LogP contribution is 2.38. The van der Waals surface area contributed by atoms with Crippen LogP contribution in [0, 0.1) is 0 Å². The highest BCUT2D eigenvalue weighted by atomic mass is 16.5. The lowest BCUT2D eigenvalue weighted by molar-refractivity contribution is -0.134. The molecule has 6 nitrogen and oxygen atoms in total. The number of carbonyl (C=O) groups is 1. The SMILES string of the molecule is O=C(COc1ccccc1)N1CCC[C@H](c2n[nH]c(C3CC3)n2)C1. The fraction of sp³-hybridized carbons (Fsp3) is 0.500. The van der Waals surface area contributed by atoms with Crippen LogP contribution in [-0.2, 0) is 4.79 Å². The number of para-hydroxylation sites is 1. The number of aromatic nitrogens is 3. The molecule has 2 aromatic rings. The number of aromatic amines is 1. The number of rotatable bonds is 5. The summed E-state index contributed by atoms with van der Waals surface area (Å²) >= 11 is 0. The number of nitrogens with one attached hydrogen (secondary N) is 1. The lowest BCUT2D eigenvalue weighted by Crippen LogP contribution is -2.41. The molecule has 4 rings (SSSR count).